The third-order valence-electron chi connectivity index (χ3n) is 3.45. The van der Waals surface area contributed by atoms with E-state index >= 15 is 0 Å². The quantitative estimate of drug-likeness (QED) is 0.832. The van der Waals surface area contributed by atoms with Crippen LogP contribution in [0.2, 0.25) is 0 Å². The van der Waals surface area contributed by atoms with Crippen LogP contribution in [0.3, 0.4) is 0 Å². The van der Waals surface area contributed by atoms with E-state index in [1.54, 1.807) is 7.11 Å². The van der Waals surface area contributed by atoms with Crippen LogP contribution >= 0.6 is 0 Å². The van der Waals surface area contributed by atoms with Crippen molar-refractivity contribution < 1.29 is 9.13 Å². The summed E-state index contributed by atoms with van der Waals surface area (Å²) >= 11 is 0. The molecule has 0 fully saturated rings. The summed E-state index contributed by atoms with van der Waals surface area (Å²) in [6.45, 7) is 4.16. The first-order chi connectivity index (χ1) is 7.49. The maximum absolute atomic E-state index is 14.0. The maximum atomic E-state index is 14.0. The summed E-state index contributed by atoms with van der Waals surface area (Å²) in [7, 11) is 3.48. The van der Waals surface area contributed by atoms with Crippen molar-refractivity contribution in [2.75, 3.05) is 14.2 Å². The summed E-state index contributed by atoms with van der Waals surface area (Å²) in [5.41, 5.74) is 1.75. The van der Waals surface area contributed by atoms with Crippen molar-refractivity contribution >= 4 is 0 Å². The highest BCUT2D eigenvalue weighted by Gasteiger charge is 2.38. The summed E-state index contributed by atoms with van der Waals surface area (Å²) in [6, 6.07) is 3.63. The van der Waals surface area contributed by atoms with E-state index in [9.17, 15) is 4.39 Å². The molecule has 16 heavy (non-hydrogen) atoms. The largest absolute Gasteiger partial charge is 0.497 e. The maximum Gasteiger partial charge on any atom is 0.130 e. The number of methoxy groups -OCH3 is 1. The minimum Gasteiger partial charge on any atom is -0.497 e. The minimum absolute atomic E-state index is 0.112. The molecule has 1 aromatic rings. The summed E-state index contributed by atoms with van der Waals surface area (Å²) < 4.78 is 19.1. The Labute approximate surface area is 95.8 Å². The lowest BCUT2D eigenvalue weighted by atomic mass is 9.86. The van der Waals surface area contributed by atoms with Gasteiger partial charge in [0.15, 0.2) is 0 Å². The lowest BCUT2D eigenvalue weighted by Crippen LogP contribution is -2.17. The predicted molar refractivity (Wildman–Crippen MR) is 62.4 cm³/mol. The van der Waals surface area contributed by atoms with Crippen molar-refractivity contribution in [3.05, 3.63) is 29.1 Å². The molecule has 3 heteroatoms. The van der Waals surface area contributed by atoms with Crippen LogP contribution in [0.25, 0.3) is 0 Å². The fourth-order valence-corrected chi connectivity index (χ4v) is 2.69. The summed E-state index contributed by atoms with van der Waals surface area (Å²) in [5.74, 6) is 0.436. The lowest BCUT2D eigenvalue weighted by molar-refractivity contribution is 0.409. The van der Waals surface area contributed by atoms with E-state index in [1.807, 2.05) is 13.1 Å². The summed E-state index contributed by atoms with van der Waals surface area (Å²) in [5, 5.41) is 3.23. The number of hydrogen-bond donors (Lipinski definition) is 1. The van der Waals surface area contributed by atoms with Crippen LogP contribution in [0.5, 0.6) is 5.75 Å². The summed E-state index contributed by atoms with van der Waals surface area (Å²) in [4.78, 5) is 0. The van der Waals surface area contributed by atoms with Crippen molar-refractivity contribution in [3.8, 4) is 5.75 Å². The van der Waals surface area contributed by atoms with Crippen LogP contribution in [0.4, 0.5) is 4.39 Å². The molecule has 1 aliphatic rings. The van der Waals surface area contributed by atoms with E-state index in [0.717, 1.165) is 17.5 Å². The molecular weight excluding hydrogens is 205 g/mol. The number of halogens is 1. The Bertz CT molecular complexity index is 415. The molecule has 1 aromatic carbocycles. The van der Waals surface area contributed by atoms with E-state index in [4.69, 9.17) is 4.74 Å². The number of fused-ring (bicyclic) bond motifs is 1. The van der Waals surface area contributed by atoms with Crippen LogP contribution in [0, 0.1) is 5.82 Å². The fourth-order valence-electron chi connectivity index (χ4n) is 2.69. The average Bonchev–Trinajstić information content (AvgIpc) is 2.50. The Morgan fingerprint density at radius 1 is 1.44 bits per heavy atom. The van der Waals surface area contributed by atoms with Crippen LogP contribution in [0.15, 0.2) is 12.1 Å². The van der Waals surface area contributed by atoms with Gasteiger partial charge in [0.2, 0.25) is 0 Å². The Hall–Kier alpha value is -1.09. The van der Waals surface area contributed by atoms with Gasteiger partial charge in [0, 0.05) is 12.1 Å². The summed E-state index contributed by atoms with van der Waals surface area (Å²) in [6.07, 6.45) is 0.920. The van der Waals surface area contributed by atoms with Gasteiger partial charge < -0.3 is 10.1 Å². The molecule has 88 valence electrons. The van der Waals surface area contributed by atoms with Gasteiger partial charge >= 0.3 is 0 Å². The number of nitrogens with one attached hydrogen (secondary N) is 1. The molecule has 1 atom stereocenters. The third-order valence-corrected chi connectivity index (χ3v) is 3.45. The van der Waals surface area contributed by atoms with Crippen LogP contribution < -0.4 is 10.1 Å². The first-order valence-electron chi connectivity index (χ1n) is 5.55. The molecule has 1 N–H and O–H groups in total. The molecule has 0 aromatic heterocycles. The minimum atomic E-state index is -0.155. The molecule has 0 bridgehead atoms. The van der Waals surface area contributed by atoms with Gasteiger partial charge in [0.05, 0.1) is 7.11 Å². The molecule has 0 saturated carbocycles. The SMILES string of the molecule is CNC1CC(C)(C)c2c(F)cc(OC)cc21. The van der Waals surface area contributed by atoms with Crippen molar-refractivity contribution in [2.24, 2.45) is 0 Å². The zero-order chi connectivity index (χ0) is 11.9. The van der Waals surface area contributed by atoms with Crippen LogP contribution in [-0.4, -0.2) is 14.2 Å². The topological polar surface area (TPSA) is 21.3 Å². The molecule has 0 heterocycles. The second-order valence-corrected chi connectivity index (χ2v) is 5.00. The van der Waals surface area contributed by atoms with E-state index in [0.29, 0.717) is 5.75 Å². The molecule has 2 rings (SSSR count). The second kappa shape index (κ2) is 3.74. The number of benzene rings is 1. The van der Waals surface area contributed by atoms with E-state index in [2.05, 4.69) is 19.2 Å². The predicted octanol–water partition coefficient (Wildman–Crippen LogP) is 2.78. The first kappa shape index (κ1) is 11.4. The van der Waals surface area contributed by atoms with Crippen molar-refractivity contribution in [1.82, 2.24) is 5.32 Å². The zero-order valence-corrected chi connectivity index (χ0v) is 10.2. The highest BCUT2D eigenvalue weighted by atomic mass is 19.1. The van der Waals surface area contributed by atoms with Crippen molar-refractivity contribution in [1.29, 1.82) is 0 Å². The van der Waals surface area contributed by atoms with Gasteiger partial charge in [0.1, 0.15) is 11.6 Å². The van der Waals surface area contributed by atoms with Gasteiger partial charge in [-0.25, -0.2) is 4.39 Å². The van der Waals surface area contributed by atoms with Gasteiger partial charge in [-0.1, -0.05) is 13.8 Å². The van der Waals surface area contributed by atoms with Crippen LogP contribution in [-0.2, 0) is 5.41 Å². The molecule has 0 saturated heterocycles. The monoisotopic (exact) mass is 223 g/mol. The smallest absolute Gasteiger partial charge is 0.130 e. The fraction of sp³-hybridized carbons (Fsp3) is 0.538. The van der Waals surface area contributed by atoms with E-state index < -0.39 is 0 Å². The molecule has 0 aliphatic heterocycles. The molecule has 0 radical (unpaired) electrons. The van der Waals surface area contributed by atoms with Gasteiger partial charge in [-0.15, -0.1) is 0 Å². The van der Waals surface area contributed by atoms with Gasteiger partial charge in [0.25, 0.3) is 0 Å². The first-order valence-corrected chi connectivity index (χ1v) is 5.55. The Morgan fingerprint density at radius 3 is 2.69 bits per heavy atom. The highest BCUT2D eigenvalue weighted by Crippen LogP contribution is 2.46. The molecule has 2 nitrogen and oxygen atoms in total. The molecule has 0 amide bonds. The van der Waals surface area contributed by atoms with Gasteiger partial charge in [-0.2, -0.15) is 0 Å². The molecular formula is C13H18FNO. The number of rotatable bonds is 2. The Morgan fingerprint density at radius 2 is 2.12 bits per heavy atom. The normalized spacial score (nSPS) is 21.9. The highest BCUT2D eigenvalue weighted by molar-refractivity contribution is 5.46. The van der Waals surface area contributed by atoms with Crippen molar-refractivity contribution in [3.63, 3.8) is 0 Å². The number of hydrogen-bond acceptors (Lipinski definition) is 2. The van der Waals surface area contributed by atoms with Gasteiger partial charge in [-0.3, -0.25) is 0 Å². The average molecular weight is 223 g/mol. The Kier molecular flexibility index (Phi) is 2.66. The Balaban J connectivity index is 2.60. The number of ether oxygens (including phenoxy) is 1. The van der Waals surface area contributed by atoms with Gasteiger partial charge in [-0.05, 0) is 36.1 Å². The zero-order valence-electron chi connectivity index (χ0n) is 10.2. The van der Waals surface area contributed by atoms with Crippen LogP contribution in [0.1, 0.15) is 37.4 Å². The van der Waals surface area contributed by atoms with E-state index in [1.165, 1.54) is 6.07 Å². The standard InChI is InChI=1S/C13H18FNO/c1-13(2)7-11(15-3)9-5-8(16-4)6-10(14)12(9)13/h5-6,11,15H,7H2,1-4H3. The molecule has 1 aliphatic carbocycles. The molecule has 0 spiro atoms. The van der Waals surface area contributed by atoms with Crippen molar-refractivity contribution in [2.45, 2.75) is 31.7 Å². The molecule has 1 unspecified atom stereocenters. The second-order valence-electron chi connectivity index (χ2n) is 5.00. The third kappa shape index (κ3) is 1.59. The lowest BCUT2D eigenvalue weighted by Gasteiger charge is -2.19. The van der Waals surface area contributed by atoms with E-state index in [-0.39, 0.29) is 17.3 Å².